The number of imidazole rings is 1. The number of anilines is 1. The van der Waals surface area contributed by atoms with Gasteiger partial charge in [-0.05, 0) is 0 Å². The van der Waals surface area contributed by atoms with Crippen molar-refractivity contribution in [3.8, 4) is 0 Å². The van der Waals surface area contributed by atoms with Crippen molar-refractivity contribution in [3.63, 3.8) is 0 Å². The molecule has 26 heavy (non-hydrogen) atoms. The maximum absolute atomic E-state index is 6.50. The predicted molar refractivity (Wildman–Crippen MR) is 103 cm³/mol. The number of benzene rings is 2. The van der Waals surface area contributed by atoms with Gasteiger partial charge in [-0.15, -0.1) is 0 Å². The lowest BCUT2D eigenvalue weighted by Crippen LogP contribution is -2.69. The summed E-state index contributed by atoms with van der Waals surface area (Å²) in [6.07, 6.45) is 3.22. The van der Waals surface area contributed by atoms with Gasteiger partial charge in [0.25, 0.3) is 6.48 Å². The van der Waals surface area contributed by atoms with E-state index in [0.717, 1.165) is 28.8 Å². The fourth-order valence-electron chi connectivity index (χ4n) is 4.01. The first-order valence-corrected chi connectivity index (χ1v) is 8.71. The summed E-state index contributed by atoms with van der Waals surface area (Å²) in [4.78, 5) is 18.6. The molecule has 0 radical (unpaired) electrons. The number of nitrogens with one attached hydrogen (secondary N) is 1. The van der Waals surface area contributed by atoms with Crippen LogP contribution in [0.1, 0.15) is 0 Å². The maximum atomic E-state index is 6.50. The number of fused-ring (bicyclic) bond motifs is 1. The number of H-pyrrole nitrogens is 1. The standard InChI is InChI=1S/C19H17BN5O/c1-3-7-15(8-4-1)20(16-9-5-2-6-10-16)25(11-12-26-20)19-17-18(22-13-21-17)23-14-24-19/h1-10,13-14H,11-12H2,(H,21,22,23,24)/q-1. The van der Waals surface area contributed by atoms with E-state index < -0.39 is 6.48 Å². The molecular formula is C19H17BN5O-. The molecule has 1 aliphatic rings. The number of rotatable bonds is 3. The first-order chi connectivity index (χ1) is 12.9. The van der Waals surface area contributed by atoms with Crippen molar-refractivity contribution in [2.45, 2.75) is 0 Å². The van der Waals surface area contributed by atoms with Gasteiger partial charge in [0.1, 0.15) is 17.7 Å². The van der Waals surface area contributed by atoms with Crippen LogP contribution < -0.4 is 15.7 Å². The van der Waals surface area contributed by atoms with Crippen LogP contribution in [0.4, 0.5) is 5.82 Å². The molecule has 2 aromatic heterocycles. The Morgan fingerprint density at radius 2 is 1.58 bits per heavy atom. The van der Waals surface area contributed by atoms with Crippen LogP contribution in [0.5, 0.6) is 0 Å². The summed E-state index contributed by atoms with van der Waals surface area (Å²) in [6, 6.07) is 20.7. The number of aromatic amines is 1. The van der Waals surface area contributed by atoms with Gasteiger partial charge < -0.3 is 14.4 Å². The highest BCUT2D eigenvalue weighted by molar-refractivity contribution is 7.00. The van der Waals surface area contributed by atoms with Crippen molar-refractivity contribution in [1.29, 1.82) is 0 Å². The van der Waals surface area contributed by atoms with Crippen molar-refractivity contribution in [1.82, 2.24) is 19.9 Å². The molecular weight excluding hydrogens is 325 g/mol. The van der Waals surface area contributed by atoms with Gasteiger partial charge in [-0.3, -0.25) is 0 Å². The van der Waals surface area contributed by atoms with Crippen molar-refractivity contribution >= 4 is 34.4 Å². The van der Waals surface area contributed by atoms with Crippen molar-refractivity contribution in [2.24, 2.45) is 0 Å². The molecule has 6 nitrogen and oxygen atoms in total. The molecule has 4 aromatic rings. The molecule has 2 aromatic carbocycles. The third-order valence-corrected chi connectivity index (χ3v) is 5.11. The Morgan fingerprint density at radius 3 is 2.27 bits per heavy atom. The maximum Gasteiger partial charge on any atom is 0.269 e. The zero-order valence-electron chi connectivity index (χ0n) is 14.1. The molecule has 0 saturated carbocycles. The molecule has 1 aliphatic heterocycles. The molecule has 0 amide bonds. The minimum atomic E-state index is -1.60. The quantitative estimate of drug-likeness (QED) is 0.571. The SMILES string of the molecule is c1ccc([B-]2(c3ccccc3)OCCN2c2ncnc3nc[nH]c23)cc1. The van der Waals surface area contributed by atoms with Gasteiger partial charge in [-0.25, -0.2) is 15.0 Å². The minimum Gasteiger partial charge on any atom is -0.565 e. The lowest BCUT2D eigenvalue weighted by molar-refractivity contribution is 0.367. The van der Waals surface area contributed by atoms with Crippen LogP contribution in [0.25, 0.3) is 11.2 Å². The van der Waals surface area contributed by atoms with E-state index in [9.17, 15) is 0 Å². The second-order valence-electron chi connectivity index (χ2n) is 6.43. The van der Waals surface area contributed by atoms with Crippen LogP contribution in [0.2, 0.25) is 0 Å². The zero-order chi connectivity index (χ0) is 17.4. The monoisotopic (exact) mass is 342 g/mol. The molecule has 1 N–H and O–H groups in total. The summed E-state index contributed by atoms with van der Waals surface area (Å²) >= 11 is 0. The van der Waals surface area contributed by atoms with Crippen LogP contribution in [0.3, 0.4) is 0 Å². The molecule has 0 unspecified atom stereocenters. The summed E-state index contributed by atoms with van der Waals surface area (Å²) in [6.45, 7) is -0.227. The lowest BCUT2D eigenvalue weighted by Gasteiger charge is -2.46. The Morgan fingerprint density at radius 1 is 0.885 bits per heavy atom. The van der Waals surface area contributed by atoms with Gasteiger partial charge in [-0.2, -0.15) is 10.9 Å². The van der Waals surface area contributed by atoms with Gasteiger partial charge in [-0.1, -0.05) is 60.7 Å². The van der Waals surface area contributed by atoms with E-state index in [1.807, 2.05) is 36.4 Å². The van der Waals surface area contributed by atoms with E-state index in [1.54, 1.807) is 12.7 Å². The largest absolute Gasteiger partial charge is 0.565 e. The topological polar surface area (TPSA) is 66.9 Å². The van der Waals surface area contributed by atoms with E-state index in [1.165, 1.54) is 0 Å². The van der Waals surface area contributed by atoms with Gasteiger partial charge in [0.05, 0.1) is 6.33 Å². The van der Waals surface area contributed by atoms with Crippen LogP contribution in [-0.4, -0.2) is 39.6 Å². The number of aromatic nitrogens is 4. The van der Waals surface area contributed by atoms with Crippen molar-refractivity contribution in [3.05, 3.63) is 73.3 Å². The molecule has 1 saturated heterocycles. The molecule has 0 spiro atoms. The van der Waals surface area contributed by atoms with Crippen molar-refractivity contribution in [2.75, 3.05) is 18.0 Å². The Kier molecular flexibility index (Phi) is 3.46. The molecule has 5 rings (SSSR count). The third-order valence-electron chi connectivity index (χ3n) is 5.11. The van der Waals surface area contributed by atoms with Gasteiger partial charge in [0.15, 0.2) is 5.65 Å². The third kappa shape index (κ3) is 2.14. The molecule has 3 heterocycles. The Hall–Kier alpha value is -3.19. The molecule has 128 valence electrons. The van der Waals surface area contributed by atoms with E-state index in [2.05, 4.69) is 49.0 Å². The Balaban J connectivity index is 1.77. The number of nitrogens with zero attached hydrogens (tertiary/aromatic N) is 4. The van der Waals surface area contributed by atoms with Crippen LogP contribution in [0, 0.1) is 0 Å². The number of hydrogen-bond acceptors (Lipinski definition) is 5. The minimum absolute atomic E-state index is 0.628. The number of hydrogen-bond donors (Lipinski definition) is 1. The first kappa shape index (κ1) is 15.1. The van der Waals surface area contributed by atoms with Crippen molar-refractivity contribution < 1.29 is 4.65 Å². The van der Waals surface area contributed by atoms with Gasteiger partial charge in [0, 0.05) is 13.2 Å². The summed E-state index contributed by atoms with van der Waals surface area (Å²) in [5.41, 5.74) is 3.74. The second kappa shape index (κ2) is 5.96. The molecule has 0 atom stereocenters. The first-order valence-electron chi connectivity index (χ1n) is 8.71. The molecule has 1 fully saturated rings. The normalized spacial score (nSPS) is 16.2. The molecule has 0 aliphatic carbocycles. The molecule has 7 heteroatoms. The van der Waals surface area contributed by atoms with E-state index >= 15 is 0 Å². The van der Waals surface area contributed by atoms with E-state index in [0.29, 0.717) is 12.3 Å². The fourth-order valence-corrected chi connectivity index (χ4v) is 4.01. The molecule has 0 bridgehead atoms. The highest BCUT2D eigenvalue weighted by atomic mass is 16.5. The van der Waals surface area contributed by atoms with Gasteiger partial charge >= 0.3 is 0 Å². The highest BCUT2D eigenvalue weighted by Gasteiger charge is 2.41. The summed E-state index contributed by atoms with van der Waals surface area (Å²) in [5, 5.41) is 0. The lowest BCUT2D eigenvalue weighted by atomic mass is 9.41. The highest BCUT2D eigenvalue weighted by Crippen LogP contribution is 2.29. The average Bonchev–Trinajstić information content (AvgIpc) is 3.37. The fraction of sp³-hybridized carbons (Fsp3) is 0.105. The van der Waals surface area contributed by atoms with E-state index in [-0.39, 0.29) is 0 Å². The zero-order valence-corrected chi connectivity index (χ0v) is 14.1. The Bertz CT molecular complexity index is 998. The smallest absolute Gasteiger partial charge is 0.269 e. The second-order valence-corrected chi connectivity index (χ2v) is 6.43. The van der Waals surface area contributed by atoms with Crippen LogP contribution in [-0.2, 0) is 4.65 Å². The summed E-state index contributed by atoms with van der Waals surface area (Å²) in [5.74, 6) is 0.817. The Labute approximate surface area is 150 Å². The predicted octanol–water partition coefficient (Wildman–Crippen LogP) is 1.45. The van der Waals surface area contributed by atoms with E-state index in [4.69, 9.17) is 4.65 Å². The van der Waals surface area contributed by atoms with Gasteiger partial charge in [0.2, 0.25) is 0 Å². The van der Waals surface area contributed by atoms with Crippen LogP contribution in [0.15, 0.2) is 73.3 Å². The van der Waals surface area contributed by atoms with Crippen LogP contribution >= 0.6 is 0 Å². The summed E-state index contributed by atoms with van der Waals surface area (Å²) < 4.78 is 6.50. The average molecular weight is 342 g/mol. The summed E-state index contributed by atoms with van der Waals surface area (Å²) in [7, 11) is 0.